The van der Waals surface area contributed by atoms with Crippen molar-refractivity contribution in [3.8, 4) is 0 Å². The second-order valence-corrected chi connectivity index (χ2v) is 8.19. The number of likely N-dealkylation sites (N-methyl/N-ethyl adjacent to an activating group) is 2. The Kier molecular flexibility index (Phi) is 5.91. The largest absolute Gasteiger partial charge is 0.342 e. The maximum Gasteiger partial charge on any atom is 0.245 e. The molecule has 2 rings (SSSR count). The Morgan fingerprint density at radius 1 is 1.17 bits per heavy atom. The monoisotopic (exact) mass is 338 g/mol. The summed E-state index contributed by atoms with van der Waals surface area (Å²) < 4.78 is 0. The van der Waals surface area contributed by atoms with Gasteiger partial charge in [-0.05, 0) is 38.8 Å². The minimum absolute atomic E-state index is 0.0737. The van der Waals surface area contributed by atoms with Gasteiger partial charge in [-0.15, -0.1) is 0 Å². The van der Waals surface area contributed by atoms with Crippen LogP contribution in [0.15, 0.2) is 0 Å². The molecule has 2 N–H and O–H groups in total. The summed E-state index contributed by atoms with van der Waals surface area (Å²) in [6, 6.07) is -0.00121. The molecule has 2 heterocycles. The fourth-order valence-corrected chi connectivity index (χ4v) is 3.95. The van der Waals surface area contributed by atoms with Gasteiger partial charge in [0.2, 0.25) is 11.8 Å². The van der Waals surface area contributed by atoms with E-state index in [1.165, 1.54) is 0 Å². The quantitative estimate of drug-likeness (QED) is 0.779. The van der Waals surface area contributed by atoms with Crippen molar-refractivity contribution in [2.75, 3.05) is 26.7 Å². The molecule has 0 spiro atoms. The summed E-state index contributed by atoms with van der Waals surface area (Å²) in [6.07, 6.45) is 2.09. The van der Waals surface area contributed by atoms with Crippen molar-refractivity contribution >= 4 is 11.8 Å². The van der Waals surface area contributed by atoms with E-state index in [9.17, 15) is 9.59 Å². The molecule has 0 aromatic heterocycles. The molecule has 4 atom stereocenters. The molecule has 24 heavy (non-hydrogen) atoms. The molecular formula is C18H34N4O2. The number of carbonyl (C=O) groups excluding carboxylic acids is 2. The molecule has 138 valence electrons. The lowest BCUT2D eigenvalue weighted by Gasteiger charge is -2.36. The van der Waals surface area contributed by atoms with Gasteiger partial charge in [0.15, 0.2) is 0 Å². The van der Waals surface area contributed by atoms with Crippen LogP contribution in [0.2, 0.25) is 0 Å². The van der Waals surface area contributed by atoms with E-state index >= 15 is 0 Å². The topological polar surface area (TPSA) is 64.7 Å². The van der Waals surface area contributed by atoms with Gasteiger partial charge >= 0.3 is 0 Å². The summed E-state index contributed by atoms with van der Waals surface area (Å²) in [5.74, 6) is -0.0484. The molecule has 0 bridgehead atoms. The molecule has 2 fully saturated rings. The Morgan fingerprint density at radius 2 is 1.79 bits per heavy atom. The summed E-state index contributed by atoms with van der Waals surface area (Å²) >= 11 is 0. The SMILES string of the molecule is CCN1CCC2C1CCN2C(=O)C(NC(=O)[C@H](C)NC)C(C)(C)C. The summed E-state index contributed by atoms with van der Waals surface area (Å²) in [5, 5.41) is 5.92. The number of amides is 2. The number of nitrogens with zero attached hydrogens (tertiary/aromatic N) is 2. The first kappa shape index (κ1) is 19.2. The number of hydrogen-bond acceptors (Lipinski definition) is 4. The first-order valence-corrected chi connectivity index (χ1v) is 9.22. The third-order valence-corrected chi connectivity index (χ3v) is 5.61. The van der Waals surface area contributed by atoms with Gasteiger partial charge in [-0.2, -0.15) is 0 Å². The minimum Gasteiger partial charge on any atom is -0.342 e. The van der Waals surface area contributed by atoms with E-state index < -0.39 is 6.04 Å². The Balaban J connectivity index is 2.13. The van der Waals surface area contributed by atoms with Crippen LogP contribution in [0, 0.1) is 5.41 Å². The first-order chi connectivity index (χ1) is 11.2. The Bertz CT molecular complexity index is 474. The van der Waals surface area contributed by atoms with Crippen LogP contribution < -0.4 is 10.6 Å². The zero-order chi connectivity index (χ0) is 18.1. The van der Waals surface area contributed by atoms with Crippen LogP contribution in [0.4, 0.5) is 0 Å². The van der Waals surface area contributed by atoms with E-state index in [4.69, 9.17) is 0 Å². The lowest BCUT2D eigenvalue weighted by molar-refractivity contribution is -0.140. The highest BCUT2D eigenvalue weighted by atomic mass is 16.2. The van der Waals surface area contributed by atoms with Crippen molar-refractivity contribution in [1.29, 1.82) is 0 Å². The van der Waals surface area contributed by atoms with E-state index in [0.29, 0.717) is 12.1 Å². The van der Waals surface area contributed by atoms with Crippen molar-refractivity contribution in [3.63, 3.8) is 0 Å². The van der Waals surface area contributed by atoms with E-state index in [2.05, 4.69) is 22.5 Å². The predicted molar refractivity (Wildman–Crippen MR) is 95.7 cm³/mol. The predicted octanol–water partition coefficient (Wildman–Crippen LogP) is 0.820. The Hall–Kier alpha value is -1.14. The molecule has 2 aliphatic rings. The Morgan fingerprint density at radius 3 is 2.33 bits per heavy atom. The molecule has 0 radical (unpaired) electrons. The number of nitrogens with one attached hydrogen (secondary N) is 2. The van der Waals surface area contributed by atoms with Crippen molar-refractivity contribution in [2.45, 2.75) is 71.6 Å². The molecular weight excluding hydrogens is 304 g/mol. The average molecular weight is 338 g/mol. The smallest absolute Gasteiger partial charge is 0.245 e. The minimum atomic E-state index is -0.491. The molecule has 6 heteroatoms. The van der Waals surface area contributed by atoms with Crippen molar-refractivity contribution in [2.24, 2.45) is 5.41 Å². The summed E-state index contributed by atoms with van der Waals surface area (Å²) in [6.45, 7) is 12.9. The van der Waals surface area contributed by atoms with E-state index in [-0.39, 0.29) is 23.3 Å². The summed E-state index contributed by atoms with van der Waals surface area (Å²) in [5.41, 5.74) is -0.318. The number of likely N-dealkylation sites (tertiary alicyclic amines) is 2. The van der Waals surface area contributed by atoms with Gasteiger partial charge in [-0.1, -0.05) is 27.7 Å². The molecule has 0 aliphatic carbocycles. The zero-order valence-corrected chi connectivity index (χ0v) is 16.1. The van der Waals surface area contributed by atoms with E-state index in [0.717, 1.165) is 32.5 Å². The van der Waals surface area contributed by atoms with Gasteiger partial charge in [0.25, 0.3) is 0 Å². The molecule has 2 saturated heterocycles. The third kappa shape index (κ3) is 3.75. The zero-order valence-electron chi connectivity index (χ0n) is 16.1. The normalized spacial score (nSPS) is 27.0. The highest BCUT2D eigenvalue weighted by molar-refractivity contribution is 5.90. The number of carbonyl (C=O) groups is 2. The highest BCUT2D eigenvalue weighted by Gasteiger charge is 2.47. The fourth-order valence-electron chi connectivity index (χ4n) is 3.95. The molecule has 0 aromatic rings. The molecule has 2 aliphatic heterocycles. The lowest BCUT2D eigenvalue weighted by atomic mass is 9.85. The second kappa shape index (κ2) is 7.40. The van der Waals surface area contributed by atoms with Gasteiger partial charge in [0, 0.05) is 25.2 Å². The first-order valence-electron chi connectivity index (χ1n) is 9.22. The van der Waals surface area contributed by atoms with Gasteiger partial charge in [0.05, 0.1) is 6.04 Å². The van der Waals surface area contributed by atoms with Crippen LogP contribution in [0.1, 0.15) is 47.5 Å². The number of rotatable bonds is 5. The molecule has 6 nitrogen and oxygen atoms in total. The van der Waals surface area contributed by atoms with Crippen LogP contribution in [-0.4, -0.2) is 72.5 Å². The van der Waals surface area contributed by atoms with E-state index in [1.807, 2.05) is 32.6 Å². The van der Waals surface area contributed by atoms with Crippen molar-refractivity contribution in [3.05, 3.63) is 0 Å². The molecule has 3 unspecified atom stereocenters. The van der Waals surface area contributed by atoms with Crippen LogP contribution in [0.25, 0.3) is 0 Å². The van der Waals surface area contributed by atoms with Crippen LogP contribution in [0.3, 0.4) is 0 Å². The number of fused-ring (bicyclic) bond motifs is 1. The van der Waals surface area contributed by atoms with Crippen LogP contribution in [0.5, 0.6) is 0 Å². The van der Waals surface area contributed by atoms with E-state index in [1.54, 1.807) is 7.05 Å². The second-order valence-electron chi connectivity index (χ2n) is 8.19. The summed E-state index contributed by atoms with van der Waals surface area (Å²) in [7, 11) is 1.75. The number of hydrogen-bond donors (Lipinski definition) is 2. The average Bonchev–Trinajstić information content (AvgIpc) is 3.10. The van der Waals surface area contributed by atoms with Crippen molar-refractivity contribution in [1.82, 2.24) is 20.4 Å². The van der Waals surface area contributed by atoms with Crippen LogP contribution >= 0.6 is 0 Å². The van der Waals surface area contributed by atoms with Crippen LogP contribution in [-0.2, 0) is 9.59 Å². The molecule has 2 amide bonds. The standard InChI is InChI=1S/C18H34N4O2/c1-7-21-10-8-14-13(21)9-11-22(14)17(24)15(18(3,4)5)20-16(23)12(2)19-6/h12-15,19H,7-11H2,1-6H3,(H,20,23)/t12-,13?,14?,15?/m0/s1. The van der Waals surface area contributed by atoms with Crippen molar-refractivity contribution < 1.29 is 9.59 Å². The highest BCUT2D eigenvalue weighted by Crippen LogP contribution is 2.33. The van der Waals surface area contributed by atoms with Gasteiger partial charge in [-0.3, -0.25) is 14.5 Å². The summed E-state index contributed by atoms with van der Waals surface area (Å²) in [4.78, 5) is 30.1. The van der Waals surface area contributed by atoms with Gasteiger partial charge in [-0.25, -0.2) is 0 Å². The maximum absolute atomic E-state index is 13.2. The molecule has 0 aromatic carbocycles. The molecule has 0 saturated carbocycles. The maximum atomic E-state index is 13.2. The third-order valence-electron chi connectivity index (χ3n) is 5.61. The Labute approximate surface area is 146 Å². The van der Waals surface area contributed by atoms with Gasteiger partial charge < -0.3 is 15.5 Å². The fraction of sp³-hybridized carbons (Fsp3) is 0.889. The van der Waals surface area contributed by atoms with Gasteiger partial charge in [0.1, 0.15) is 6.04 Å². The lowest BCUT2D eigenvalue weighted by Crippen LogP contribution is -2.58.